The molecule has 0 fully saturated rings. The number of hydrogen-bond acceptors (Lipinski definition) is 2. The molecule has 3 unspecified atom stereocenters. The summed E-state index contributed by atoms with van der Waals surface area (Å²) in [4.78, 5) is 10.8. The van der Waals surface area contributed by atoms with Crippen LogP contribution in [0.4, 0.5) is 0 Å². The van der Waals surface area contributed by atoms with Crippen molar-refractivity contribution in [1.82, 2.24) is 0 Å². The Hall–Kier alpha value is -1.35. The van der Waals surface area contributed by atoms with Crippen molar-refractivity contribution in [3.05, 3.63) is 34.9 Å². The molecular formula is C15H23NO2. The Morgan fingerprint density at radius 1 is 1.28 bits per heavy atom. The van der Waals surface area contributed by atoms with Crippen LogP contribution in [0.15, 0.2) is 18.2 Å². The van der Waals surface area contributed by atoms with E-state index in [9.17, 15) is 4.79 Å². The fourth-order valence-electron chi connectivity index (χ4n) is 2.08. The Kier molecular flexibility index (Phi) is 4.91. The molecule has 0 radical (unpaired) electrons. The third-order valence-corrected chi connectivity index (χ3v) is 3.85. The second-order valence-corrected chi connectivity index (χ2v) is 5.29. The molecule has 0 saturated carbocycles. The van der Waals surface area contributed by atoms with Crippen LogP contribution in [0.25, 0.3) is 0 Å². The smallest absolute Gasteiger partial charge is 0.320 e. The normalized spacial score (nSPS) is 16.1. The second kappa shape index (κ2) is 6.01. The summed E-state index contributed by atoms with van der Waals surface area (Å²) in [7, 11) is 0. The summed E-state index contributed by atoms with van der Waals surface area (Å²) < 4.78 is 0. The molecule has 0 aliphatic carbocycles. The molecule has 3 heteroatoms. The zero-order valence-corrected chi connectivity index (χ0v) is 11.6. The Labute approximate surface area is 109 Å². The third kappa shape index (κ3) is 3.57. The number of hydrogen-bond donors (Lipinski definition) is 2. The van der Waals surface area contributed by atoms with Crippen LogP contribution in [0.1, 0.15) is 42.9 Å². The van der Waals surface area contributed by atoms with Crippen molar-refractivity contribution in [2.75, 3.05) is 0 Å². The van der Waals surface area contributed by atoms with E-state index in [1.54, 1.807) is 0 Å². The molecule has 1 aromatic carbocycles. The van der Waals surface area contributed by atoms with E-state index in [4.69, 9.17) is 10.8 Å². The summed E-state index contributed by atoms with van der Waals surface area (Å²) in [6.45, 7) is 8.37. The van der Waals surface area contributed by atoms with Crippen molar-refractivity contribution in [3.8, 4) is 0 Å². The monoisotopic (exact) mass is 249 g/mol. The minimum absolute atomic E-state index is 0.248. The van der Waals surface area contributed by atoms with Gasteiger partial charge in [-0.05, 0) is 48.8 Å². The highest BCUT2D eigenvalue weighted by Gasteiger charge is 2.21. The van der Waals surface area contributed by atoms with Crippen molar-refractivity contribution < 1.29 is 9.90 Å². The number of aliphatic carboxylic acids is 1. The molecule has 0 amide bonds. The fourth-order valence-corrected chi connectivity index (χ4v) is 2.08. The molecule has 1 aromatic rings. The Morgan fingerprint density at radius 2 is 1.89 bits per heavy atom. The number of carbonyl (C=O) groups is 1. The van der Waals surface area contributed by atoms with Crippen LogP contribution in [0.3, 0.4) is 0 Å². The summed E-state index contributed by atoms with van der Waals surface area (Å²) >= 11 is 0. The summed E-state index contributed by atoms with van der Waals surface area (Å²) in [6, 6.07) is 5.65. The van der Waals surface area contributed by atoms with E-state index in [-0.39, 0.29) is 5.92 Å². The Bertz CT molecular complexity index is 429. The standard InChI is InChI=1S/C15H23NO2/c1-9-5-6-13(7-10(9)2)12(4)11(3)8-14(16)15(17)18/h5-7,11-12,14H,8,16H2,1-4H3,(H,17,18). The quantitative estimate of drug-likeness (QED) is 0.843. The SMILES string of the molecule is Cc1ccc(C(C)C(C)CC(N)C(=O)O)cc1C. The molecule has 3 N–H and O–H groups in total. The number of benzene rings is 1. The molecule has 100 valence electrons. The minimum atomic E-state index is -0.922. The van der Waals surface area contributed by atoms with Crippen LogP contribution in [-0.4, -0.2) is 17.1 Å². The maximum absolute atomic E-state index is 10.8. The zero-order valence-electron chi connectivity index (χ0n) is 11.6. The first-order valence-electron chi connectivity index (χ1n) is 6.38. The lowest BCUT2D eigenvalue weighted by Crippen LogP contribution is -2.32. The van der Waals surface area contributed by atoms with E-state index in [1.807, 2.05) is 0 Å². The van der Waals surface area contributed by atoms with Crippen molar-refractivity contribution in [2.24, 2.45) is 11.7 Å². The maximum Gasteiger partial charge on any atom is 0.320 e. The van der Waals surface area contributed by atoms with Gasteiger partial charge in [0.25, 0.3) is 0 Å². The molecule has 0 aliphatic heterocycles. The highest BCUT2D eigenvalue weighted by molar-refractivity contribution is 5.73. The second-order valence-electron chi connectivity index (χ2n) is 5.29. The van der Waals surface area contributed by atoms with Crippen molar-refractivity contribution >= 4 is 5.97 Å². The van der Waals surface area contributed by atoms with E-state index in [0.717, 1.165) is 0 Å². The molecule has 0 aliphatic rings. The van der Waals surface area contributed by atoms with Gasteiger partial charge in [-0.1, -0.05) is 32.0 Å². The van der Waals surface area contributed by atoms with Gasteiger partial charge in [0.1, 0.15) is 6.04 Å². The van der Waals surface area contributed by atoms with Gasteiger partial charge < -0.3 is 10.8 Å². The van der Waals surface area contributed by atoms with Gasteiger partial charge in [-0.3, -0.25) is 4.79 Å². The van der Waals surface area contributed by atoms with Gasteiger partial charge in [-0.25, -0.2) is 0 Å². The predicted octanol–water partition coefficient (Wildman–Crippen LogP) is 2.85. The Morgan fingerprint density at radius 3 is 2.39 bits per heavy atom. The molecular weight excluding hydrogens is 226 g/mol. The van der Waals surface area contributed by atoms with E-state index in [1.165, 1.54) is 16.7 Å². The summed E-state index contributed by atoms with van der Waals surface area (Å²) in [5.74, 6) is -0.359. The van der Waals surface area contributed by atoms with E-state index in [2.05, 4.69) is 45.9 Å². The third-order valence-electron chi connectivity index (χ3n) is 3.85. The molecule has 0 aromatic heterocycles. The molecule has 0 spiro atoms. The van der Waals surface area contributed by atoms with Gasteiger partial charge in [0.05, 0.1) is 0 Å². The highest BCUT2D eigenvalue weighted by Crippen LogP contribution is 2.28. The number of carboxylic acid groups (broad SMARTS) is 1. The molecule has 3 atom stereocenters. The largest absolute Gasteiger partial charge is 0.480 e. The van der Waals surface area contributed by atoms with Crippen LogP contribution >= 0.6 is 0 Å². The lowest BCUT2D eigenvalue weighted by atomic mass is 9.84. The van der Waals surface area contributed by atoms with Crippen LogP contribution < -0.4 is 5.73 Å². The minimum Gasteiger partial charge on any atom is -0.480 e. The Balaban J connectivity index is 2.76. The van der Waals surface area contributed by atoms with Gasteiger partial charge in [0, 0.05) is 0 Å². The molecule has 0 heterocycles. The average Bonchev–Trinajstić information content (AvgIpc) is 2.31. The lowest BCUT2D eigenvalue weighted by Gasteiger charge is -2.22. The van der Waals surface area contributed by atoms with Crippen LogP contribution in [0.5, 0.6) is 0 Å². The summed E-state index contributed by atoms with van der Waals surface area (Å²) in [6.07, 6.45) is 0.503. The highest BCUT2D eigenvalue weighted by atomic mass is 16.4. The summed E-state index contributed by atoms with van der Waals surface area (Å²) in [5, 5.41) is 8.84. The van der Waals surface area contributed by atoms with Crippen molar-refractivity contribution in [2.45, 2.75) is 46.1 Å². The summed E-state index contributed by atoms with van der Waals surface area (Å²) in [5.41, 5.74) is 9.39. The van der Waals surface area contributed by atoms with Gasteiger partial charge >= 0.3 is 5.97 Å². The van der Waals surface area contributed by atoms with Crippen LogP contribution in [0.2, 0.25) is 0 Å². The molecule has 0 saturated heterocycles. The molecule has 3 nitrogen and oxygen atoms in total. The number of nitrogens with two attached hydrogens (primary N) is 1. The number of aryl methyl sites for hydroxylation is 2. The van der Waals surface area contributed by atoms with E-state index >= 15 is 0 Å². The van der Waals surface area contributed by atoms with Gasteiger partial charge in [0.2, 0.25) is 0 Å². The first-order valence-corrected chi connectivity index (χ1v) is 6.38. The average molecular weight is 249 g/mol. The van der Waals surface area contributed by atoms with Gasteiger partial charge in [-0.2, -0.15) is 0 Å². The van der Waals surface area contributed by atoms with E-state index < -0.39 is 12.0 Å². The zero-order chi connectivity index (χ0) is 13.9. The number of rotatable bonds is 5. The first kappa shape index (κ1) is 14.7. The van der Waals surface area contributed by atoms with Crippen LogP contribution in [0, 0.1) is 19.8 Å². The predicted molar refractivity (Wildman–Crippen MR) is 73.7 cm³/mol. The topological polar surface area (TPSA) is 63.3 Å². The van der Waals surface area contributed by atoms with E-state index in [0.29, 0.717) is 12.3 Å². The fraction of sp³-hybridized carbons (Fsp3) is 0.533. The van der Waals surface area contributed by atoms with Crippen molar-refractivity contribution in [3.63, 3.8) is 0 Å². The molecule has 0 bridgehead atoms. The molecule has 18 heavy (non-hydrogen) atoms. The number of carboxylic acids is 1. The maximum atomic E-state index is 10.8. The first-order chi connectivity index (χ1) is 8.32. The molecule has 1 rings (SSSR count). The van der Waals surface area contributed by atoms with Crippen LogP contribution in [-0.2, 0) is 4.79 Å². The van der Waals surface area contributed by atoms with Gasteiger partial charge in [0.15, 0.2) is 0 Å². The van der Waals surface area contributed by atoms with Crippen molar-refractivity contribution in [1.29, 1.82) is 0 Å². The van der Waals surface area contributed by atoms with Gasteiger partial charge in [-0.15, -0.1) is 0 Å². The lowest BCUT2D eigenvalue weighted by molar-refractivity contribution is -0.138.